The van der Waals surface area contributed by atoms with Crippen LogP contribution in [0.4, 0.5) is 14.5 Å². The van der Waals surface area contributed by atoms with Gasteiger partial charge in [0, 0.05) is 6.54 Å². The first-order chi connectivity index (χ1) is 7.45. The van der Waals surface area contributed by atoms with Crippen LogP contribution in [0.15, 0.2) is 6.07 Å². The molecule has 0 fully saturated rings. The van der Waals surface area contributed by atoms with Gasteiger partial charge in [-0.05, 0) is 11.6 Å². The third kappa shape index (κ3) is 2.63. The molecule has 0 saturated carbocycles. The summed E-state index contributed by atoms with van der Waals surface area (Å²) in [5, 5.41) is 8.57. The van der Waals surface area contributed by atoms with Gasteiger partial charge in [-0.3, -0.25) is 4.79 Å². The predicted octanol–water partition coefficient (Wildman–Crippen LogP) is 0.687. The number of alkyl halides is 2. The molecule has 1 heterocycles. The molecule has 1 rings (SSSR count). The molecule has 0 aliphatic carbocycles. The summed E-state index contributed by atoms with van der Waals surface area (Å²) < 4.78 is 24.9. The van der Waals surface area contributed by atoms with Crippen molar-refractivity contribution in [2.24, 2.45) is 5.73 Å². The fraction of sp³-hybridized carbons (Fsp3) is 0.333. The van der Waals surface area contributed by atoms with Gasteiger partial charge in [0.1, 0.15) is 5.69 Å². The van der Waals surface area contributed by atoms with Gasteiger partial charge in [-0.1, -0.05) is 0 Å². The molecule has 7 heteroatoms. The summed E-state index contributed by atoms with van der Waals surface area (Å²) in [7, 11) is 0. The standard InChI is InChI=1S/C9H11F2N3O2/c10-9(11)6-1-4(3-12)8(13)5(14-6)2-7(15)16/h1,9H,2-3,12-13H2,(H,15,16). The van der Waals surface area contributed by atoms with Crippen molar-refractivity contribution in [1.82, 2.24) is 4.98 Å². The molecule has 0 radical (unpaired) electrons. The Morgan fingerprint density at radius 2 is 2.19 bits per heavy atom. The predicted molar refractivity (Wildman–Crippen MR) is 52.8 cm³/mol. The van der Waals surface area contributed by atoms with Crippen molar-refractivity contribution in [1.29, 1.82) is 0 Å². The summed E-state index contributed by atoms with van der Waals surface area (Å²) in [4.78, 5) is 14.0. The molecule has 5 N–H and O–H groups in total. The Balaban J connectivity index is 3.24. The van der Waals surface area contributed by atoms with Gasteiger partial charge in [-0.25, -0.2) is 13.8 Å². The van der Waals surface area contributed by atoms with Crippen molar-refractivity contribution >= 4 is 11.7 Å². The molecular weight excluding hydrogens is 220 g/mol. The van der Waals surface area contributed by atoms with Gasteiger partial charge in [-0.15, -0.1) is 0 Å². The maximum atomic E-state index is 12.4. The van der Waals surface area contributed by atoms with Crippen LogP contribution in [-0.2, 0) is 17.8 Å². The van der Waals surface area contributed by atoms with Crippen LogP contribution in [0.5, 0.6) is 0 Å². The van der Waals surface area contributed by atoms with E-state index in [4.69, 9.17) is 16.6 Å². The minimum Gasteiger partial charge on any atom is -0.481 e. The minimum atomic E-state index is -2.78. The number of carbonyl (C=O) groups is 1. The van der Waals surface area contributed by atoms with Crippen molar-refractivity contribution in [3.05, 3.63) is 23.0 Å². The summed E-state index contributed by atoms with van der Waals surface area (Å²) in [6.07, 6.45) is -3.28. The number of rotatable bonds is 4. The van der Waals surface area contributed by atoms with Crippen molar-refractivity contribution in [2.45, 2.75) is 19.4 Å². The molecular formula is C9H11F2N3O2. The van der Waals surface area contributed by atoms with Crippen LogP contribution in [0.25, 0.3) is 0 Å². The Kier molecular flexibility index (Phi) is 3.73. The Hall–Kier alpha value is -1.76. The monoisotopic (exact) mass is 231 g/mol. The second-order valence-corrected chi connectivity index (χ2v) is 3.14. The number of nitrogens with two attached hydrogens (primary N) is 2. The largest absolute Gasteiger partial charge is 0.481 e. The fourth-order valence-electron chi connectivity index (χ4n) is 1.25. The van der Waals surface area contributed by atoms with Gasteiger partial charge in [0.2, 0.25) is 0 Å². The van der Waals surface area contributed by atoms with Crippen LogP contribution in [0.3, 0.4) is 0 Å². The number of carboxylic acid groups (broad SMARTS) is 1. The topological polar surface area (TPSA) is 102 Å². The summed E-state index contributed by atoms with van der Waals surface area (Å²) in [6.45, 7) is -0.0410. The Labute approximate surface area is 90.1 Å². The molecule has 0 aliphatic rings. The number of halogens is 2. The van der Waals surface area contributed by atoms with E-state index in [2.05, 4.69) is 4.98 Å². The average Bonchev–Trinajstić information content (AvgIpc) is 2.20. The third-order valence-electron chi connectivity index (χ3n) is 2.01. The van der Waals surface area contributed by atoms with Crippen LogP contribution >= 0.6 is 0 Å². The quantitative estimate of drug-likeness (QED) is 0.707. The van der Waals surface area contributed by atoms with Crippen LogP contribution in [0.1, 0.15) is 23.4 Å². The van der Waals surface area contributed by atoms with Crippen LogP contribution in [-0.4, -0.2) is 16.1 Å². The molecule has 0 spiro atoms. The summed E-state index contributed by atoms with van der Waals surface area (Å²) in [5.41, 5.74) is 10.6. The molecule has 0 amide bonds. The zero-order valence-electron chi connectivity index (χ0n) is 8.28. The molecule has 0 unspecified atom stereocenters. The number of aromatic nitrogens is 1. The smallest absolute Gasteiger partial charge is 0.309 e. The van der Waals surface area contributed by atoms with E-state index < -0.39 is 24.5 Å². The molecule has 1 aromatic rings. The third-order valence-corrected chi connectivity index (χ3v) is 2.01. The second-order valence-electron chi connectivity index (χ2n) is 3.14. The highest BCUT2D eigenvalue weighted by Gasteiger charge is 2.16. The summed E-state index contributed by atoms with van der Waals surface area (Å²) in [5.74, 6) is -1.19. The first-order valence-corrected chi connectivity index (χ1v) is 4.43. The van der Waals surface area contributed by atoms with Gasteiger partial charge in [0.25, 0.3) is 6.43 Å². The Bertz CT molecular complexity index is 410. The van der Waals surface area contributed by atoms with Gasteiger partial charge in [0.05, 0.1) is 17.8 Å². The first kappa shape index (κ1) is 12.3. The zero-order valence-corrected chi connectivity index (χ0v) is 8.28. The molecule has 88 valence electrons. The molecule has 0 saturated heterocycles. The number of hydrogen-bond donors (Lipinski definition) is 3. The molecule has 0 bridgehead atoms. The van der Waals surface area contributed by atoms with Gasteiger partial charge in [0.15, 0.2) is 0 Å². The van der Waals surface area contributed by atoms with Crippen molar-refractivity contribution in [3.63, 3.8) is 0 Å². The molecule has 16 heavy (non-hydrogen) atoms. The average molecular weight is 231 g/mol. The van der Waals surface area contributed by atoms with Gasteiger partial charge in [-0.2, -0.15) is 0 Å². The SMILES string of the molecule is NCc1cc(C(F)F)nc(CC(=O)O)c1N. The van der Waals surface area contributed by atoms with E-state index in [-0.39, 0.29) is 23.5 Å². The number of nitrogens with zero attached hydrogens (tertiary/aromatic N) is 1. The van der Waals surface area contributed by atoms with Gasteiger partial charge >= 0.3 is 5.97 Å². The molecule has 1 aromatic heterocycles. The van der Waals surface area contributed by atoms with Crippen molar-refractivity contribution in [3.8, 4) is 0 Å². The normalized spacial score (nSPS) is 10.8. The molecule has 0 aromatic carbocycles. The lowest BCUT2D eigenvalue weighted by molar-refractivity contribution is -0.136. The maximum Gasteiger partial charge on any atom is 0.309 e. The number of hydrogen-bond acceptors (Lipinski definition) is 4. The number of anilines is 1. The maximum absolute atomic E-state index is 12.4. The first-order valence-electron chi connectivity index (χ1n) is 4.43. The molecule has 5 nitrogen and oxygen atoms in total. The number of carboxylic acids is 1. The fourth-order valence-corrected chi connectivity index (χ4v) is 1.25. The minimum absolute atomic E-state index is 0.0410. The molecule has 0 aliphatic heterocycles. The Morgan fingerprint density at radius 1 is 1.56 bits per heavy atom. The number of pyridine rings is 1. The highest BCUT2D eigenvalue weighted by Crippen LogP contribution is 2.23. The van der Waals surface area contributed by atoms with Gasteiger partial charge < -0.3 is 16.6 Å². The van der Waals surface area contributed by atoms with E-state index in [0.717, 1.165) is 6.07 Å². The second kappa shape index (κ2) is 4.84. The van der Waals surface area contributed by atoms with E-state index >= 15 is 0 Å². The van der Waals surface area contributed by atoms with Crippen LogP contribution in [0.2, 0.25) is 0 Å². The Morgan fingerprint density at radius 3 is 2.62 bits per heavy atom. The summed E-state index contributed by atoms with van der Waals surface area (Å²) in [6, 6.07) is 1.09. The van der Waals surface area contributed by atoms with Crippen molar-refractivity contribution in [2.75, 3.05) is 5.73 Å². The highest BCUT2D eigenvalue weighted by atomic mass is 19.3. The van der Waals surface area contributed by atoms with Crippen LogP contribution in [0, 0.1) is 0 Å². The van der Waals surface area contributed by atoms with E-state index in [1.165, 1.54) is 0 Å². The number of aliphatic carboxylic acids is 1. The van der Waals surface area contributed by atoms with E-state index in [1.54, 1.807) is 0 Å². The highest BCUT2D eigenvalue weighted by molar-refractivity contribution is 5.72. The van der Waals surface area contributed by atoms with E-state index in [9.17, 15) is 13.6 Å². The lowest BCUT2D eigenvalue weighted by atomic mass is 10.1. The molecule has 0 atom stereocenters. The van der Waals surface area contributed by atoms with Crippen molar-refractivity contribution < 1.29 is 18.7 Å². The lowest BCUT2D eigenvalue weighted by Crippen LogP contribution is -2.12. The zero-order chi connectivity index (χ0) is 12.3. The summed E-state index contributed by atoms with van der Waals surface area (Å²) >= 11 is 0. The van der Waals surface area contributed by atoms with E-state index in [0.29, 0.717) is 0 Å². The number of nitrogen functional groups attached to an aromatic ring is 1. The van der Waals surface area contributed by atoms with Crippen LogP contribution < -0.4 is 11.5 Å². The van der Waals surface area contributed by atoms with E-state index in [1.807, 2.05) is 0 Å². The lowest BCUT2D eigenvalue weighted by Gasteiger charge is -2.10.